The second-order valence-electron chi connectivity index (χ2n) is 3.31. The Morgan fingerprint density at radius 1 is 1.50 bits per heavy atom. The van der Waals surface area contributed by atoms with E-state index in [0.29, 0.717) is 18.8 Å². The van der Waals surface area contributed by atoms with E-state index in [0.717, 1.165) is 5.82 Å². The first-order chi connectivity index (χ1) is 7.74. The molecule has 2 aromatic rings. The van der Waals surface area contributed by atoms with E-state index in [4.69, 9.17) is 0 Å². The lowest BCUT2D eigenvalue weighted by molar-refractivity contribution is 0.741. The van der Waals surface area contributed by atoms with E-state index in [1.165, 1.54) is 12.4 Å². The number of nitrogens with one attached hydrogen (secondary N) is 2. The standard InChI is InChI=1S/C9H12N6O/c1-15-6-13-7(14-15)2-3-10-8-4-9(16)12-5-11-8/h4-6H,2-3H2,1H3,(H2,10,11,12,16). The second-order valence-corrected chi connectivity index (χ2v) is 3.31. The van der Waals surface area contributed by atoms with Gasteiger partial charge in [0.25, 0.3) is 5.56 Å². The van der Waals surface area contributed by atoms with Crippen molar-refractivity contribution >= 4 is 5.82 Å². The minimum atomic E-state index is -0.173. The summed E-state index contributed by atoms with van der Waals surface area (Å²) in [5.74, 6) is 1.32. The SMILES string of the molecule is Cn1cnc(CCNc2cc(=O)[nH]cn2)n1. The molecule has 0 atom stereocenters. The molecule has 0 aromatic carbocycles. The van der Waals surface area contributed by atoms with E-state index in [1.807, 2.05) is 7.05 Å². The van der Waals surface area contributed by atoms with Crippen LogP contribution in [0.5, 0.6) is 0 Å². The van der Waals surface area contributed by atoms with Crippen LogP contribution < -0.4 is 10.9 Å². The van der Waals surface area contributed by atoms with Crippen molar-refractivity contribution in [3.05, 3.63) is 34.9 Å². The summed E-state index contributed by atoms with van der Waals surface area (Å²) >= 11 is 0. The molecule has 0 amide bonds. The van der Waals surface area contributed by atoms with Crippen LogP contribution in [0.25, 0.3) is 0 Å². The van der Waals surface area contributed by atoms with Gasteiger partial charge in [0.15, 0.2) is 5.82 Å². The number of aromatic nitrogens is 5. The number of H-pyrrole nitrogens is 1. The van der Waals surface area contributed by atoms with Gasteiger partial charge >= 0.3 is 0 Å². The summed E-state index contributed by atoms with van der Waals surface area (Å²) in [5, 5.41) is 7.16. The molecular formula is C9H12N6O. The Balaban J connectivity index is 1.86. The van der Waals surface area contributed by atoms with Crippen LogP contribution in [0.1, 0.15) is 5.82 Å². The van der Waals surface area contributed by atoms with Crippen LogP contribution in [0.15, 0.2) is 23.5 Å². The van der Waals surface area contributed by atoms with Crippen LogP contribution in [-0.4, -0.2) is 31.3 Å². The van der Waals surface area contributed by atoms with Gasteiger partial charge in [-0.2, -0.15) is 5.10 Å². The highest BCUT2D eigenvalue weighted by Gasteiger charge is 1.99. The molecule has 0 saturated heterocycles. The second kappa shape index (κ2) is 4.56. The van der Waals surface area contributed by atoms with Crippen LogP contribution in [0.4, 0.5) is 5.82 Å². The summed E-state index contributed by atoms with van der Waals surface area (Å²) in [6.07, 6.45) is 3.71. The van der Waals surface area contributed by atoms with E-state index in [-0.39, 0.29) is 5.56 Å². The maximum Gasteiger partial charge on any atom is 0.252 e. The first-order valence-electron chi connectivity index (χ1n) is 4.87. The zero-order chi connectivity index (χ0) is 11.4. The zero-order valence-electron chi connectivity index (χ0n) is 8.84. The third kappa shape index (κ3) is 2.66. The number of nitrogens with zero attached hydrogens (tertiary/aromatic N) is 4. The van der Waals surface area contributed by atoms with Gasteiger partial charge in [0.1, 0.15) is 12.1 Å². The van der Waals surface area contributed by atoms with Crippen LogP contribution in [0.2, 0.25) is 0 Å². The third-order valence-corrected chi connectivity index (χ3v) is 1.98. The van der Waals surface area contributed by atoms with Gasteiger partial charge in [-0.1, -0.05) is 0 Å². The predicted molar refractivity (Wildman–Crippen MR) is 58.1 cm³/mol. The molecule has 0 spiro atoms. The highest BCUT2D eigenvalue weighted by Crippen LogP contribution is 1.96. The van der Waals surface area contributed by atoms with Crippen LogP contribution in [0.3, 0.4) is 0 Å². The fourth-order valence-electron chi connectivity index (χ4n) is 1.27. The normalized spacial score (nSPS) is 10.3. The molecule has 16 heavy (non-hydrogen) atoms. The molecule has 0 bridgehead atoms. The van der Waals surface area contributed by atoms with Gasteiger partial charge in [-0.15, -0.1) is 0 Å². The smallest absolute Gasteiger partial charge is 0.252 e. The molecule has 0 aliphatic rings. The summed E-state index contributed by atoms with van der Waals surface area (Å²) in [5.41, 5.74) is -0.173. The quantitative estimate of drug-likeness (QED) is 0.728. The van der Waals surface area contributed by atoms with Gasteiger partial charge in [0.05, 0.1) is 6.33 Å². The van der Waals surface area contributed by atoms with Gasteiger partial charge < -0.3 is 10.3 Å². The molecule has 0 radical (unpaired) electrons. The summed E-state index contributed by atoms with van der Waals surface area (Å²) < 4.78 is 1.65. The van der Waals surface area contributed by atoms with E-state index < -0.39 is 0 Å². The fraction of sp³-hybridized carbons (Fsp3) is 0.333. The van der Waals surface area contributed by atoms with Crippen molar-refractivity contribution in [2.45, 2.75) is 6.42 Å². The van der Waals surface area contributed by atoms with Crippen LogP contribution in [-0.2, 0) is 13.5 Å². The molecule has 0 aliphatic carbocycles. The van der Waals surface area contributed by atoms with Crippen molar-refractivity contribution in [3.63, 3.8) is 0 Å². The van der Waals surface area contributed by atoms with E-state index >= 15 is 0 Å². The topological polar surface area (TPSA) is 88.5 Å². The maximum atomic E-state index is 11.0. The van der Waals surface area contributed by atoms with Crippen molar-refractivity contribution in [2.24, 2.45) is 7.05 Å². The molecule has 2 N–H and O–H groups in total. The molecule has 7 heteroatoms. The molecule has 0 fully saturated rings. The van der Waals surface area contributed by atoms with Gasteiger partial charge in [-0.3, -0.25) is 9.48 Å². The molecule has 2 rings (SSSR count). The third-order valence-electron chi connectivity index (χ3n) is 1.98. The number of aromatic amines is 1. The number of rotatable bonds is 4. The molecule has 84 valence electrons. The van der Waals surface area contributed by atoms with Crippen molar-refractivity contribution in [3.8, 4) is 0 Å². The Morgan fingerprint density at radius 3 is 3.06 bits per heavy atom. The number of hydrogen-bond donors (Lipinski definition) is 2. The number of hydrogen-bond acceptors (Lipinski definition) is 5. The van der Waals surface area contributed by atoms with Gasteiger partial charge in [0.2, 0.25) is 0 Å². The lowest BCUT2D eigenvalue weighted by Gasteiger charge is -2.01. The van der Waals surface area contributed by atoms with Gasteiger partial charge in [-0.25, -0.2) is 9.97 Å². The first-order valence-corrected chi connectivity index (χ1v) is 4.87. The molecule has 0 unspecified atom stereocenters. The molecule has 0 saturated carbocycles. The Labute approximate surface area is 91.6 Å². The summed E-state index contributed by atoms with van der Waals surface area (Å²) in [7, 11) is 1.82. The highest BCUT2D eigenvalue weighted by molar-refractivity contribution is 5.31. The average Bonchev–Trinajstić information content (AvgIpc) is 2.64. The Morgan fingerprint density at radius 2 is 2.38 bits per heavy atom. The van der Waals surface area contributed by atoms with Crippen molar-refractivity contribution in [1.29, 1.82) is 0 Å². The number of aryl methyl sites for hydroxylation is 1. The largest absolute Gasteiger partial charge is 0.369 e. The van der Waals surface area contributed by atoms with E-state index in [2.05, 4.69) is 25.4 Å². The molecule has 2 aromatic heterocycles. The van der Waals surface area contributed by atoms with Crippen molar-refractivity contribution in [1.82, 2.24) is 24.7 Å². The van der Waals surface area contributed by atoms with E-state index in [9.17, 15) is 4.79 Å². The van der Waals surface area contributed by atoms with Crippen LogP contribution in [0, 0.1) is 0 Å². The van der Waals surface area contributed by atoms with Gasteiger partial charge in [-0.05, 0) is 0 Å². The minimum absolute atomic E-state index is 0.173. The number of anilines is 1. The van der Waals surface area contributed by atoms with Crippen LogP contribution >= 0.6 is 0 Å². The Hall–Kier alpha value is -2.18. The summed E-state index contributed by atoms with van der Waals surface area (Å²) in [6, 6.07) is 1.41. The maximum absolute atomic E-state index is 11.0. The fourth-order valence-corrected chi connectivity index (χ4v) is 1.27. The highest BCUT2D eigenvalue weighted by atomic mass is 16.1. The Kier molecular flexibility index (Phi) is 2.95. The molecule has 7 nitrogen and oxygen atoms in total. The van der Waals surface area contributed by atoms with Gasteiger partial charge in [0, 0.05) is 26.1 Å². The van der Waals surface area contributed by atoms with Crippen molar-refractivity contribution in [2.75, 3.05) is 11.9 Å². The summed E-state index contributed by atoms with van der Waals surface area (Å²) in [6.45, 7) is 0.639. The predicted octanol–water partition coefficient (Wildman–Crippen LogP) is -0.447. The lowest BCUT2D eigenvalue weighted by Crippen LogP contribution is -2.11. The molecular weight excluding hydrogens is 208 g/mol. The van der Waals surface area contributed by atoms with Crippen molar-refractivity contribution < 1.29 is 0 Å². The Bertz CT molecular complexity index is 516. The first kappa shape index (κ1) is 10.3. The average molecular weight is 220 g/mol. The van der Waals surface area contributed by atoms with E-state index in [1.54, 1.807) is 11.0 Å². The zero-order valence-corrected chi connectivity index (χ0v) is 8.84. The summed E-state index contributed by atoms with van der Waals surface area (Å²) in [4.78, 5) is 21.5. The minimum Gasteiger partial charge on any atom is -0.369 e. The monoisotopic (exact) mass is 220 g/mol. The molecule has 0 aliphatic heterocycles. The lowest BCUT2D eigenvalue weighted by atomic mass is 10.4. The molecule has 2 heterocycles.